The van der Waals surface area contributed by atoms with Crippen LogP contribution in [0.2, 0.25) is 0 Å². The third-order valence-electron chi connectivity index (χ3n) is 4.10. The Morgan fingerprint density at radius 2 is 1.56 bits per heavy atom. The fourth-order valence-electron chi connectivity index (χ4n) is 2.71. The first-order valence-corrected chi connectivity index (χ1v) is 8.33. The fourth-order valence-corrected chi connectivity index (χ4v) is 2.71. The predicted octanol–water partition coefficient (Wildman–Crippen LogP) is 5.25. The minimum Gasteiger partial charge on any atom is -0.497 e. The lowest BCUT2D eigenvalue weighted by Crippen LogP contribution is -2.03. The summed E-state index contributed by atoms with van der Waals surface area (Å²) in [5.74, 6) is 0.993. The Bertz CT molecular complexity index is 826. The molecule has 1 N–H and O–H groups in total. The molecule has 3 heteroatoms. The van der Waals surface area contributed by atoms with Gasteiger partial charge in [-0.05, 0) is 42.3 Å². The first kappa shape index (κ1) is 16.8. The minimum absolute atomic E-state index is 0.167. The van der Waals surface area contributed by atoms with E-state index < -0.39 is 0 Å². The van der Waals surface area contributed by atoms with Crippen molar-refractivity contribution in [2.24, 2.45) is 0 Å². The number of carbonyl (C=O) groups excluding carboxylic acids is 1. The first-order valence-electron chi connectivity index (χ1n) is 8.33. The molecule has 0 atom stereocenters. The summed E-state index contributed by atoms with van der Waals surface area (Å²) in [5.41, 5.74) is 3.90. The quantitative estimate of drug-likeness (QED) is 0.601. The normalized spacial score (nSPS) is 10.3. The minimum atomic E-state index is 0.167. The topological polar surface area (TPSA) is 38.3 Å². The monoisotopic (exact) mass is 331 g/mol. The molecule has 3 rings (SSSR count). The van der Waals surface area contributed by atoms with Crippen LogP contribution in [0.15, 0.2) is 78.9 Å². The van der Waals surface area contributed by atoms with Gasteiger partial charge in [-0.15, -0.1) is 0 Å². The van der Waals surface area contributed by atoms with E-state index in [0.717, 1.165) is 28.3 Å². The largest absolute Gasteiger partial charge is 0.497 e. The average Bonchev–Trinajstić information content (AvgIpc) is 2.68. The van der Waals surface area contributed by atoms with E-state index in [1.54, 1.807) is 7.11 Å². The Kier molecular flexibility index (Phi) is 5.47. The zero-order valence-electron chi connectivity index (χ0n) is 14.2. The molecule has 0 bridgehead atoms. The van der Waals surface area contributed by atoms with Crippen LogP contribution in [-0.2, 0) is 6.42 Å². The Labute approximate surface area is 148 Å². The van der Waals surface area contributed by atoms with Crippen molar-refractivity contribution >= 4 is 17.2 Å². The molecule has 25 heavy (non-hydrogen) atoms. The molecule has 0 aliphatic heterocycles. The second-order valence-electron chi connectivity index (χ2n) is 5.80. The van der Waals surface area contributed by atoms with Crippen molar-refractivity contribution in [1.82, 2.24) is 0 Å². The van der Waals surface area contributed by atoms with Gasteiger partial charge in [0.1, 0.15) is 5.75 Å². The summed E-state index contributed by atoms with van der Waals surface area (Å²) in [5, 5.41) is 3.42. The molecule has 3 nitrogen and oxygen atoms in total. The molecule has 0 unspecified atom stereocenters. The molecule has 0 aromatic heterocycles. The predicted molar refractivity (Wildman–Crippen MR) is 102 cm³/mol. The Balaban J connectivity index is 1.69. The van der Waals surface area contributed by atoms with Gasteiger partial charge < -0.3 is 10.1 Å². The van der Waals surface area contributed by atoms with Gasteiger partial charge in [0.2, 0.25) is 0 Å². The van der Waals surface area contributed by atoms with Crippen molar-refractivity contribution in [2.45, 2.75) is 12.8 Å². The molecule has 0 fully saturated rings. The number of rotatable bonds is 7. The van der Waals surface area contributed by atoms with Gasteiger partial charge in [-0.1, -0.05) is 48.5 Å². The van der Waals surface area contributed by atoms with Crippen LogP contribution in [0.3, 0.4) is 0 Å². The lowest BCUT2D eigenvalue weighted by atomic mass is 10.0. The number of anilines is 2. The highest BCUT2D eigenvalue weighted by Crippen LogP contribution is 2.24. The van der Waals surface area contributed by atoms with Crippen molar-refractivity contribution in [1.29, 1.82) is 0 Å². The number of Topliss-reactive ketones (excluding diaryl/α,β-unsaturated/α-hetero) is 1. The summed E-state index contributed by atoms with van der Waals surface area (Å²) < 4.78 is 5.18. The first-order chi connectivity index (χ1) is 12.3. The molecule has 0 aliphatic carbocycles. The molecule has 0 heterocycles. The maximum Gasteiger partial charge on any atom is 0.163 e. The van der Waals surface area contributed by atoms with Gasteiger partial charge in [-0.2, -0.15) is 0 Å². The van der Waals surface area contributed by atoms with Crippen molar-refractivity contribution in [3.8, 4) is 5.75 Å². The number of carbonyl (C=O) groups is 1. The smallest absolute Gasteiger partial charge is 0.163 e. The summed E-state index contributed by atoms with van der Waals surface area (Å²) in [6, 6.07) is 25.3. The van der Waals surface area contributed by atoms with Gasteiger partial charge in [-0.3, -0.25) is 4.79 Å². The lowest BCUT2D eigenvalue weighted by Gasteiger charge is -2.12. The highest BCUT2D eigenvalue weighted by atomic mass is 16.5. The fraction of sp³-hybridized carbons (Fsp3) is 0.136. The Hall–Kier alpha value is -3.07. The van der Waals surface area contributed by atoms with Crippen LogP contribution >= 0.6 is 0 Å². The molecular weight excluding hydrogens is 310 g/mol. The molecule has 0 saturated heterocycles. The van der Waals surface area contributed by atoms with Crippen LogP contribution in [0.1, 0.15) is 22.3 Å². The lowest BCUT2D eigenvalue weighted by molar-refractivity contribution is 0.0983. The van der Waals surface area contributed by atoms with E-state index in [-0.39, 0.29) is 5.78 Å². The van der Waals surface area contributed by atoms with Crippen molar-refractivity contribution in [3.63, 3.8) is 0 Å². The van der Waals surface area contributed by atoms with Gasteiger partial charge in [-0.25, -0.2) is 0 Å². The molecular formula is C22H21NO2. The zero-order chi connectivity index (χ0) is 17.5. The highest BCUT2D eigenvalue weighted by molar-refractivity contribution is 5.96. The molecule has 126 valence electrons. The summed E-state index contributed by atoms with van der Waals surface area (Å²) in [4.78, 5) is 12.3. The van der Waals surface area contributed by atoms with Crippen LogP contribution < -0.4 is 10.1 Å². The molecule has 0 saturated carbocycles. The number of aryl methyl sites for hydroxylation is 1. The number of benzene rings is 3. The van der Waals surface area contributed by atoms with Crippen molar-refractivity contribution < 1.29 is 9.53 Å². The van der Waals surface area contributed by atoms with E-state index in [4.69, 9.17) is 4.74 Å². The number of ether oxygens (including phenoxy) is 1. The van der Waals surface area contributed by atoms with Gasteiger partial charge in [0, 0.05) is 23.4 Å². The number of para-hydroxylation sites is 1. The Morgan fingerprint density at radius 1 is 0.880 bits per heavy atom. The maximum absolute atomic E-state index is 12.3. The van der Waals surface area contributed by atoms with Gasteiger partial charge in [0.15, 0.2) is 5.78 Å². The highest BCUT2D eigenvalue weighted by Gasteiger charge is 2.08. The molecule has 3 aromatic carbocycles. The third kappa shape index (κ3) is 4.48. The number of ketones is 1. The molecule has 0 spiro atoms. The van der Waals surface area contributed by atoms with Crippen LogP contribution in [0.25, 0.3) is 0 Å². The number of hydrogen-bond donors (Lipinski definition) is 1. The summed E-state index contributed by atoms with van der Waals surface area (Å²) in [6.45, 7) is 0. The van der Waals surface area contributed by atoms with Crippen molar-refractivity contribution in [3.05, 3.63) is 90.0 Å². The zero-order valence-corrected chi connectivity index (χ0v) is 14.2. The SMILES string of the molecule is COc1ccc(Nc2ccccc2CCC(=O)c2ccccc2)cc1. The molecule has 3 aromatic rings. The second-order valence-corrected chi connectivity index (χ2v) is 5.80. The van der Waals surface area contributed by atoms with E-state index >= 15 is 0 Å². The van der Waals surface area contributed by atoms with E-state index in [0.29, 0.717) is 12.8 Å². The molecule has 0 aliphatic rings. The number of hydrogen-bond acceptors (Lipinski definition) is 3. The van der Waals surface area contributed by atoms with E-state index in [2.05, 4.69) is 11.4 Å². The Morgan fingerprint density at radius 3 is 2.28 bits per heavy atom. The summed E-state index contributed by atoms with van der Waals surface area (Å²) >= 11 is 0. The standard InChI is InChI=1S/C22H21NO2/c1-25-20-14-12-19(13-15-20)23-21-10-6-5-7-17(21)11-16-22(24)18-8-3-2-4-9-18/h2-10,12-15,23H,11,16H2,1H3. The van der Waals surface area contributed by atoms with Gasteiger partial charge >= 0.3 is 0 Å². The number of methoxy groups -OCH3 is 1. The molecule has 0 amide bonds. The van der Waals surface area contributed by atoms with Gasteiger partial charge in [0.25, 0.3) is 0 Å². The van der Waals surface area contributed by atoms with Crippen LogP contribution in [0, 0.1) is 0 Å². The third-order valence-corrected chi connectivity index (χ3v) is 4.10. The van der Waals surface area contributed by atoms with E-state index in [9.17, 15) is 4.79 Å². The second kappa shape index (κ2) is 8.15. The van der Waals surface area contributed by atoms with Gasteiger partial charge in [0.05, 0.1) is 7.11 Å². The maximum atomic E-state index is 12.3. The summed E-state index contributed by atoms with van der Waals surface area (Å²) in [7, 11) is 1.65. The van der Waals surface area contributed by atoms with Crippen LogP contribution in [0.5, 0.6) is 5.75 Å². The van der Waals surface area contributed by atoms with E-state index in [1.807, 2.05) is 72.8 Å². The number of nitrogens with one attached hydrogen (secondary N) is 1. The average molecular weight is 331 g/mol. The van der Waals surface area contributed by atoms with E-state index in [1.165, 1.54) is 0 Å². The molecule has 0 radical (unpaired) electrons. The summed E-state index contributed by atoms with van der Waals surface area (Å²) in [6.07, 6.45) is 1.19. The van der Waals surface area contributed by atoms with Crippen LogP contribution in [-0.4, -0.2) is 12.9 Å². The van der Waals surface area contributed by atoms with Crippen LogP contribution in [0.4, 0.5) is 11.4 Å². The van der Waals surface area contributed by atoms with Crippen molar-refractivity contribution in [2.75, 3.05) is 12.4 Å².